The highest BCUT2D eigenvalue weighted by atomic mass is 16.2. The van der Waals surface area contributed by atoms with E-state index in [1.54, 1.807) is 11.9 Å². The minimum atomic E-state index is -0.0653. The summed E-state index contributed by atoms with van der Waals surface area (Å²) in [5, 5.41) is 2.76. The Morgan fingerprint density at radius 1 is 1.39 bits per heavy atom. The Kier molecular flexibility index (Phi) is 5.75. The maximum absolute atomic E-state index is 11.5. The van der Waals surface area contributed by atoms with Gasteiger partial charge in [-0.25, -0.2) is 4.79 Å². The fraction of sp³-hybridized carbons (Fsp3) is 0.357. The van der Waals surface area contributed by atoms with E-state index in [4.69, 9.17) is 5.73 Å². The van der Waals surface area contributed by atoms with Crippen LogP contribution < -0.4 is 11.1 Å². The van der Waals surface area contributed by atoms with Gasteiger partial charge in [0.1, 0.15) is 0 Å². The molecule has 0 aromatic heterocycles. The first-order valence-electron chi connectivity index (χ1n) is 5.94. The van der Waals surface area contributed by atoms with Crippen molar-refractivity contribution in [2.24, 2.45) is 5.73 Å². The lowest BCUT2D eigenvalue weighted by Crippen LogP contribution is -2.36. The van der Waals surface area contributed by atoms with Crippen LogP contribution in [0.3, 0.4) is 0 Å². The standard InChI is InChI=1S/C14H19N3O/c1-3-16-14(18)17(2)11-13-8-6-12(7-9-13)5-4-10-15/h6-9H,3,10-11,15H2,1-2H3,(H,16,18). The molecule has 4 heteroatoms. The quantitative estimate of drug-likeness (QED) is 0.785. The predicted molar refractivity (Wildman–Crippen MR) is 72.9 cm³/mol. The number of benzene rings is 1. The number of urea groups is 1. The number of carbonyl (C=O) groups excluding carboxylic acids is 1. The Morgan fingerprint density at radius 3 is 2.61 bits per heavy atom. The Morgan fingerprint density at radius 2 is 2.06 bits per heavy atom. The van der Waals surface area contributed by atoms with Gasteiger partial charge in [0, 0.05) is 25.7 Å². The van der Waals surface area contributed by atoms with Crippen molar-refractivity contribution < 1.29 is 4.79 Å². The van der Waals surface area contributed by atoms with Gasteiger partial charge in [-0.2, -0.15) is 0 Å². The summed E-state index contributed by atoms with van der Waals surface area (Å²) in [6.45, 7) is 3.48. The molecule has 0 aliphatic carbocycles. The number of hydrogen-bond acceptors (Lipinski definition) is 2. The average Bonchev–Trinajstić information content (AvgIpc) is 2.38. The van der Waals surface area contributed by atoms with Crippen molar-refractivity contribution in [3.8, 4) is 11.8 Å². The molecule has 0 heterocycles. The predicted octanol–water partition coefficient (Wildman–Crippen LogP) is 1.16. The fourth-order valence-corrected chi connectivity index (χ4v) is 1.48. The average molecular weight is 245 g/mol. The Balaban J connectivity index is 2.60. The van der Waals surface area contributed by atoms with E-state index in [9.17, 15) is 4.79 Å². The zero-order valence-corrected chi connectivity index (χ0v) is 10.9. The van der Waals surface area contributed by atoms with Crippen LogP contribution in [0.15, 0.2) is 24.3 Å². The third-order valence-corrected chi connectivity index (χ3v) is 2.38. The second-order valence-corrected chi connectivity index (χ2v) is 3.89. The molecule has 1 aromatic rings. The topological polar surface area (TPSA) is 58.4 Å². The highest BCUT2D eigenvalue weighted by molar-refractivity contribution is 5.73. The molecule has 96 valence electrons. The van der Waals surface area contributed by atoms with Gasteiger partial charge in [-0.3, -0.25) is 0 Å². The van der Waals surface area contributed by atoms with Crippen molar-refractivity contribution in [2.45, 2.75) is 13.5 Å². The van der Waals surface area contributed by atoms with E-state index >= 15 is 0 Å². The first kappa shape index (κ1) is 14.1. The zero-order valence-electron chi connectivity index (χ0n) is 10.9. The summed E-state index contributed by atoms with van der Waals surface area (Å²) in [6.07, 6.45) is 0. The van der Waals surface area contributed by atoms with Gasteiger partial charge >= 0.3 is 6.03 Å². The van der Waals surface area contributed by atoms with Crippen LogP contribution >= 0.6 is 0 Å². The van der Waals surface area contributed by atoms with Gasteiger partial charge in [-0.15, -0.1) is 0 Å². The maximum Gasteiger partial charge on any atom is 0.317 e. The normalized spacial score (nSPS) is 9.28. The Labute approximate surface area is 108 Å². The molecule has 0 saturated heterocycles. The zero-order chi connectivity index (χ0) is 13.4. The number of amides is 2. The SMILES string of the molecule is CCNC(=O)N(C)Cc1ccc(C#CCN)cc1. The van der Waals surface area contributed by atoms with Crippen LogP contribution in [-0.4, -0.2) is 31.1 Å². The first-order valence-corrected chi connectivity index (χ1v) is 5.94. The van der Waals surface area contributed by atoms with Crippen molar-refractivity contribution in [1.82, 2.24) is 10.2 Å². The molecule has 0 atom stereocenters. The summed E-state index contributed by atoms with van der Waals surface area (Å²) in [7, 11) is 1.77. The molecule has 0 spiro atoms. The van der Waals surface area contributed by atoms with Crippen LogP contribution in [0.2, 0.25) is 0 Å². The van der Waals surface area contributed by atoms with Gasteiger partial charge in [0.25, 0.3) is 0 Å². The highest BCUT2D eigenvalue weighted by Crippen LogP contribution is 2.06. The summed E-state index contributed by atoms with van der Waals surface area (Å²) in [6, 6.07) is 7.74. The molecule has 18 heavy (non-hydrogen) atoms. The summed E-state index contributed by atoms with van der Waals surface area (Å²) in [4.78, 5) is 13.2. The lowest BCUT2D eigenvalue weighted by molar-refractivity contribution is 0.207. The molecule has 0 fully saturated rings. The molecule has 0 saturated carbocycles. The number of nitrogens with zero attached hydrogens (tertiary/aromatic N) is 1. The number of hydrogen-bond donors (Lipinski definition) is 2. The molecular formula is C14H19N3O. The van der Waals surface area contributed by atoms with Crippen LogP contribution in [0, 0.1) is 11.8 Å². The molecule has 0 unspecified atom stereocenters. The van der Waals surface area contributed by atoms with Crippen molar-refractivity contribution >= 4 is 6.03 Å². The molecule has 3 N–H and O–H groups in total. The van der Waals surface area contributed by atoms with Gasteiger partial charge in [0.2, 0.25) is 0 Å². The van der Waals surface area contributed by atoms with Crippen LogP contribution in [0.25, 0.3) is 0 Å². The second kappa shape index (κ2) is 7.36. The lowest BCUT2D eigenvalue weighted by atomic mass is 10.1. The van der Waals surface area contributed by atoms with E-state index in [1.807, 2.05) is 31.2 Å². The van der Waals surface area contributed by atoms with Crippen molar-refractivity contribution in [2.75, 3.05) is 20.1 Å². The number of carbonyl (C=O) groups is 1. The van der Waals surface area contributed by atoms with E-state index in [0.29, 0.717) is 19.6 Å². The lowest BCUT2D eigenvalue weighted by Gasteiger charge is -2.17. The Hall–Kier alpha value is -1.99. The maximum atomic E-state index is 11.5. The van der Waals surface area contributed by atoms with E-state index in [-0.39, 0.29) is 6.03 Å². The first-order chi connectivity index (χ1) is 8.67. The van der Waals surface area contributed by atoms with Gasteiger partial charge in [-0.05, 0) is 24.6 Å². The van der Waals surface area contributed by atoms with Crippen LogP contribution in [0.4, 0.5) is 4.79 Å². The van der Waals surface area contributed by atoms with Crippen LogP contribution in [0.5, 0.6) is 0 Å². The van der Waals surface area contributed by atoms with Gasteiger partial charge in [0.15, 0.2) is 0 Å². The van der Waals surface area contributed by atoms with E-state index in [2.05, 4.69) is 17.2 Å². The summed E-state index contributed by atoms with van der Waals surface area (Å²) < 4.78 is 0. The van der Waals surface area contributed by atoms with Gasteiger partial charge in [-0.1, -0.05) is 24.0 Å². The third-order valence-electron chi connectivity index (χ3n) is 2.38. The monoisotopic (exact) mass is 245 g/mol. The van der Waals surface area contributed by atoms with Crippen LogP contribution in [-0.2, 0) is 6.54 Å². The summed E-state index contributed by atoms with van der Waals surface area (Å²) in [5.41, 5.74) is 7.32. The van der Waals surface area contributed by atoms with E-state index in [1.165, 1.54) is 0 Å². The molecule has 0 aliphatic rings. The molecule has 0 bridgehead atoms. The molecule has 0 radical (unpaired) electrons. The van der Waals surface area contributed by atoms with Crippen LogP contribution in [0.1, 0.15) is 18.1 Å². The van der Waals surface area contributed by atoms with E-state index in [0.717, 1.165) is 11.1 Å². The second-order valence-electron chi connectivity index (χ2n) is 3.89. The summed E-state index contributed by atoms with van der Waals surface area (Å²) in [5.74, 6) is 5.76. The minimum absolute atomic E-state index is 0.0653. The number of nitrogens with two attached hydrogens (primary N) is 1. The number of rotatable bonds is 3. The molecule has 1 rings (SSSR count). The molecular weight excluding hydrogens is 226 g/mol. The third kappa shape index (κ3) is 4.48. The van der Waals surface area contributed by atoms with Crippen molar-refractivity contribution in [3.05, 3.63) is 35.4 Å². The fourth-order valence-electron chi connectivity index (χ4n) is 1.48. The van der Waals surface area contributed by atoms with Crippen molar-refractivity contribution in [1.29, 1.82) is 0 Å². The van der Waals surface area contributed by atoms with Crippen molar-refractivity contribution in [3.63, 3.8) is 0 Å². The van der Waals surface area contributed by atoms with Gasteiger partial charge < -0.3 is 16.0 Å². The largest absolute Gasteiger partial charge is 0.338 e. The molecule has 2 amide bonds. The highest BCUT2D eigenvalue weighted by Gasteiger charge is 2.06. The van der Waals surface area contributed by atoms with Gasteiger partial charge in [0.05, 0.1) is 6.54 Å². The molecule has 1 aromatic carbocycles. The van der Waals surface area contributed by atoms with E-state index < -0.39 is 0 Å². The minimum Gasteiger partial charge on any atom is -0.338 e. The number of nitrogens with one attached hydrogen (secondary N) is 1. The summed E-state index contributed by atoms with van der Waals surface area (Å²) >= 11 is 0. The molecule has 4 nitrogen and oxygen atoms in total. The molecule has 0 aliphatic heterocycles. The smallest absolute Gasteiger partial charge is 0.317 e. The Bertz CT molecular complexity index is 442.